The van der Waals surface area contributed by atoms with Crippen LogP contribution in [0.1, 0.15) is 62.2 Å². The van der Waals surface area contributed by atoms with E-state index in [0.717, 1.165) is 36.3 Å². The zero-order valence-electron chi connectivity index (χ0n) is 24.6. The summed E-state index contributed by atoms with van der Waals surface area (Å²) >= 11 is 0. The third-order valence-corrected chi connectivity index (χ3v) is 7.90. The number of aryl methyl sites for hydroxylation is 1. The first-order valence-electron chi connectivity index (χ1n) is 14.8. The lowest BCUT2D eigenvalue weighted by molar-refractivity contribution is -0.143. The highest BCUT2D eigenvalue weighted by molar-refractivity contribution is 5.69. The number of carbonyl (C=O) groups is 1. The Morgan fingerprint density at radius 3 is 2.50 bits per heavy atom. The summed E-state index contributed by atoms with van der Waals surface area (Å²) in [6.45, 7) is 9.49. The van der Waals surface area contributed by atoms with E-state index in [4.69, 9.17) is 9.15 Å². The van der Waals surface area contributed by atoms with Crippen LogP contribution in [0.2, 0.25) is 0 Å². The van der Waals surface area contributed by atoms with E-state index in [-0.39, 0.29) is 23.8 Å². The van der Waals surface area contributed by atoms with Gasteiger partial charge in [0, 0.05) is 50.1 Å². The standard InChI is InChI=1S/C34H40N4O4/c1-4-41-32(40)18-10-17-31-35-36-34(42-31)29-15-8-13-27(19-29)33(28-14-9-16-30(39)20-28)38-22-24(2)37(21-25(38)3)23-26-11-6-5-7-12-26/h5-9,11-16,19-20,24-25,33,39H,4,10,17-18,21-23H2,1-3H3. The lowest BCUT2D eigenvalue weighted by Crippen LogP contribution is -2.56. The van der Waals surface area contributed by atoms with Crippen LogP contribution in [0.4, 0.5) is 0 Å². The average Bonchev–Trinajstić information content (AvgIpc) is 3.46. The maximum atomic E-state index is 11.7. The summed E-state index contributed by atoms with van der Waals surface area (Å²) in [6.07, 6.45) is 1.42. The van der Waals surface area contributed by atoms with E-state index < -0.39 is 0 Å². The van der Waals surface area contributed by atoms with Crippen molar-refractivity contribution >= 4 is 5.97 Å². The van der Waals surface area contributed by atoms with Gasteiger partial charge in [0.2, 0.25) is 11.8 Å². The maximum Gasteiger partial charge on any atom is 0.305 e. The number of aromatic hydroxyl groups is 1. The zero-order valence-corrected chi connectivity index (χ0v) is 24.6. The molecule has 3 atom stereocenters. The molecule has 1 N–H and O–H groups in total. The summed E-state index contributed by atoms with van der Waals surface area (Å²) in [4.78, 5) is 16.7. The van der Waals surface area contributed by atoms with E-state index in [0.29, 0.717) is 43.7 Å². The second-order valence-electron chi connectivity index (χ2n) is 11.1. The summed E-state index contributed by atoms with van der Waals surface area (Å²) < 4.78 is 11.0. The molecular weight excluding hydrogens is 528 g/mol. The maximum absolute atomic E-state index is 11.7. The van der Waals surface area contributed by atoms with Gasteiger partial charge in [0.1, 0.15) is 5.75 Å². The van der Waals surface area contributed by atoms with Gasteiger partial charge in [0.25, 0.3) is 0 Å². The number of nitrogens with zero attached hydrogens (tertiary/aromatic N) is 4. The molecule has 0 amide bonds. The van der Waals surface area contributed by atoms with Gasteiger partial charge in [-0.15, -0.1) is 10.2 Å². The fourth-order valence-electron chi connectivity index (χ4n) is 5.82. The number of aromatic nitrogens is 2. The minimum atomic E-state index is -0.215. The van der Waals surface area contributed by atoms with Crippen molar-refractivity contribution < 1.29 is 19.1 Å². The van der Waals surface area contributed by atoms with Gasteiger partial charge in [0.05, 0.1) is 12.6 Å². The fourth-order valence-corrected chi connectivity index (χ4v) is 5.82. The number of benzene rings is 3. The van der Waals surface area contributed by atoms with E-state index in [1.807, 2.05) is 24.3 Å². The predicted molar refractivity (Wildman–Crippen MR) is 162 cm³/mol. The van der Waals surface area contributed by atoms with Gasteiger partial charge in [-0.3, -0.25) is 14.6 Å². The number of rotatable bonds is 11. The Labute approximate surface area is 247 Å². The summed E-state index contributed by atoms with van der Waals surface area (Å²) in [5.41, 5.74) is 4.29. The quantitative estimate of drug-likeness (QED) is 0.220. The van der Waals surface area contributed by atoms with Crippen molar-refractivity contribution in [1.29, 1.82) is 0 Å². The van der Waals surface area contributed by atoms with Crippen LogP contribution in [0.3, 0.4) is 0 Å². The monoisotopic (exact) mass is 568 g/mol. The van der Waals surface area contributed by atoms with Crippen LogP contribution in [-0.2, 0) is 22.5 Å². The fraction of sp³-hybridized carbons (Fsp3) is 0.382. The number of esters is 1. The minimum Gasteiger partial charge on any atom is -0.508 e. The van der Waals surface area contributed by atoms with E-state index in [1.165, 1.54) is 5.56 Å². The molecule has 5 rings (SSSR count). The lowest BCUT2D eigenvalue weighted by atomic mass is 9.92. The molecule has 3 unspecified atom stereocenters. The van der Waals surface area contributed by atoms with Crippen LogP contribution in [0.5, 0.6) is 5.75 Å². The van der Waals surface area contributed by atoms with Crippen LogP contribution < -0.4 is 0 Å². The van der Waals surface area contributed by atoms with E-state index in [2.05, 4.69) is 82.4 Å². The normalized spacial score (nSPS) is 18.5. The molecule has 0 radical (unpaired) electrons. The third-order valence-electron chi connectivity index (χ3n) is 7.90. The molecule has 0 saturated carbocycles. The molecule has 1 aromatic heterocycles. The van der Waals surface area contributed by atoms with Gasteiger partial charge in [-0.2, -0.15) is 0 Å². The Hall–Kier alpha value is -4.01. The van der Waals surface area contributed by atoms with Crippen LogP contribution in [0.15, 0.2) is 83.3 Å². The molecule has 0 spiro atoms. The van der Waals surface area contributed by atoms with Crippen molar-refractivity contribution in [3.8, 4) is 17.2 Å². The SMILES string of the molecule is CCOC(=O)CCCc1nnc(-c2cccc(C(c3cccc(O)c3)N3CC(C)N(Cc4ccccc4)CC3C)c2)o1. The summed E-state index contributed by atoms with van der Waals surface area (Å²) in [7, 11) is 0. The van der Waals surface area contributed by atoms with Crippen molar-refractivity contribution in [2.75, 3.05) is 19.7 Å². The highest BCUT2D eigenvalue weighted by atomic mass is 16.5. The van der Waals surface area contributed by atoms with Crippen molar-refractivity contribution in [1.82, 2.24) is 20.0 Å². The Kier molecular flexibility index (Phi) is 9.66. The first kappa shape index (κ1) is 29.5. The van der Waals surface area contributed by atoms with Gasteiger partial charge < -0.3 is 14.3 Å². The van der Waals surface area contributed by atoms with Crippen molar-refractivity contribution in [2.45, 2.75) is 64.7 Å². The number of hydrogen-bond acceptors (Lipinski definition) is 8. The molecule has 2 heterocycles. The minimum absolute atomic E-state index is 0.0691. The summed E-state index contributed by atoms with van der Waals surface area (Å²) in [5, 5.41) is 18.9. The van der Waals surface area contributed by atoms with Crippen molar-refractivity contribution in [3.05, 3.63) is 101 Å². The third kappa shape index (κ3) is 7.24. The Balaban J connectivity index is 1.38. The van der Waals surface area contributed by atoms with Crippen molar-refractivity contribution in [3.63, 3.8) is 0 Å². The van der Waals surface area contributed by atoms with Gasteiger partial charge in [-0.05, 0) is 68.1 Å². The Morgan fingerprint density at radius 2 is 1.74 bits per heavy atom. The van der Waals surface area contributed by atoms with Crippen LogP contribution >= 0.6 is 0 Å². The zero-order chi connectivity index (χ0) is 29.5. The molecule has 220 valence electrons. The number of ether oxygens (including phenoxy) is 1. The molecule has 8 heteroatoms. The van der Waals surface area contributed by atoms with Crippen LogP contribution in [0, 0.1) is 0 Å². The number of phenolic OH excluding ortho intramolecular Hbond substituents is 1. The molecule has 4 aromatic rings. The molecule has 0 bridgehead atoms. The number of hydrogen-bond donors (Lipinski definition) is 1. The van der Waals surface area contributed by atoms with E-state index in [9.17, 15) is 9.90 Å². The van der Waals surface area contributed by atoms with E-state index >= 15 is 0 Å². The number of phenols is 1. The Bertz CT molecular complexity index is 1460. The van der Waals surface area contributed by atoms with Gasteiger partial charge in [-0.1, -0.05) is 54.6 Å². The van der Waals surface area contributed by atoms with Gasteiger partial charge in [-0.25, -0.2) is 0 Å². The van der Waals surface area contributed by atoms with E-state index in [1.54, 1.807) is 13.0 Å². The molecule has 1 saturated heterocycles. The van der Waals surface area contributed by atoms with Crippen LogP contribution in [-0.4, -0.2) is 62.9 Å². The second kappa shape index (κ2) is 13.8. The highest BCUT2D eigenvalue weighted by Crippen LogP contribution is 2.36. The molecule has 3 aromatic carbocycles. The molecular formula is C34H40N4O4. The molecule has 1 aliphatic heterocycles. The molecule has 42 heavy (non-hydrogen) atoms. The van der Waals surface area contributed by atoms with Crippen molar-refractivity contribution in [2.24, 2.45) is 0 Å². The first-order chi connectivity index (χ1) is 20.4. The molecule has 8 nitrogen and oxygen atoms in total. The summed E-state index contributed by atoms with van der Waals surface area (Å²) in [6, 6.07) is 27.0. The molecule has 0 aliphatic carbocycles. The van der Waals surface area contributed by atoms with Gasteiger partial charge in [0.15, 0.2) is 0 Å². The Morgan fingerprint density at radius 1 is 0.976 bits per heavy atom. The summed E-state index contributed by atoms with van der Waals surface area (Å²) in [5.74, 6) is 0.988. The average molecular weight is 569 g/mol. The largest absolute Gasteiger partial charge is 0.508 e. The predicted octanol–water partition coefficient (Wildman–Crippen LogP) is 6.01. The molecule has 1 fully saturated rings. The first-order valence-corrected chi connectivity index (χ1v) is 14.8. The lowest BCUT2D eigenvalue weighted by Gasteiger charge is -2.47. The van der Waals surface area contributed by atoms with Crippen LogP contribution in [0.25, 0.3) is 11.5 Å². The second-order valence-corrected chi connectivity index (χ2v) is 11.1. The smallest absolute Gasteiger partial charge is 0.305 e. The number of piperazine rings is 1. The topological polar surface area (TPSA) is 91.9 Å². The highest BCUT2D eigenvalue weighted by Gasteiger charge is 2.35. The number of carbonyl (C=O) groups excluding carboxylic acids is 1. The van der Waals surface area contributed by atoms with Gasteiger partial charge >= 0.3 is 5.97 Å². The molecule has 1 aliphatic rings.